The molecule has 1 atom stereocenters. The Hall–Kier alpha value is -3.55. The lowest BCUT2D eigenvalue weighted by molar-refractivity contribution is -0.126. The lowest BCUT2D eigenvalue weighted by Crippen LogP contribution is -2.43. The zero-order valence-electron chi connectivity index (χ0n) is 17.3. The molecule has 0 unspecified atom stereocenters. The van der Waals surface area contributed by atoms with Crippen LogP contribution in [0.25, 0.3) is 0 Å². The van der Waals surface area contributed by atoms with Gasteiger partial charge in [0.2, 0.25) is 17.7 Å². The minimum Gasteiger partial charge on any atom is -0.497 e. The van der Waals surface area contributed by atoms with Gasteiger partial charge in [0.25, 0.3) is 0 Å². The van der Waals surface area contributed by atoms with Crippen molar-refractivity contribution < 1.29 is 23.9 Å². The van der Waals surface area contributed by atoms with Crippen LogP contribution >= 0.6 is 0 Å². The van der Waals surface area contributed by atoms with E-state index in [1.54, 1.807) is 60.5 Å². The Labute approximate surface area is 175 Å². The van der Waals surface area contributed by atoms with E-state index in [0.717, 1.165) is 0 Å². The Kier molecular flexibility index (Phi) is 6.56. The van der Waals surface area contributed by atoms with Gasteiger partial charge in [-0.15, -0.1) is 0 Å². The summed E-state index contributed by atoms with van der Waals surface area (Å²) in [6.45, 7) is 0.0887. The van der Waals surface area contributed by atoms with E-state index in [4.69, 9.17) is 9.47 Å². The summed E-state index contributed by atoms with van der Waals surface area (Å²) >= 11 is 0. The Morgan fingerprint density at radius 2 is 1.77 bits per heavy atom. The van der Waals surface area contributed by atoms with Crippen molar-refractivity contribution in [2.75, 3.05) is 44.2 Å². The number of nitrogens with zero attached hydrogens (tertiary/aromatic N) is 2. The first-order valence-corrected chi connectivity index (χ1v) is 9.57. The minimum absolute atomic E-state index is 0.0737. The third kappa shape index (κ3) is 4.53. The zero-order valence-corrected chi connectivity index (χ0v) is 17.3. The molecule has 0 radical (unpaired) electrons. The molecular weight excluding hydrogens is 386 g/mol. The summed E-state index contributed by atoms with van der Waals surface area (Å²) in [5.41, 5.74) is 1.21. The molecule has 0 saturated carbocycles. The molecule has 0 spiro atoms. The van der Waals surface area contributed by atoms with E-state index in [-0.39, 0.29) is 37.2 Å². The fourth-order valence-electron chi connectivity index (χ4n) is 3.42. The molecule has 1 N–H and O–H groups in total. The summed E-state index contributed by atoms with van der Waals surface area (Å²) in [5, 5.41) is 2.54. The van der Waals surface area contributed by atoms with Crippen LogP contribution in [-0.4, -0.2) is 52.1 Å². The summed E-state index contributed by atoms with van der Waals surface area (Å²) in [5.74, 6) is -0.104. The highest BCUT2D eigenvalue weighted by atomic mass is 16.5. The summed E-state index contributed by atoms with van der Waals surface area (Å²) in [4.78, 5) is 41.0. The number of ether oxygens (including phenoxy) is 2. The number of carbonyl (C=O) groups excluding carboxylic acids is 3. The maximum Gasteiger partial charge on any atom is 0.239 e. The second-order valence-electron chi connectivity index (χ2n) is 6.91. The van der Waals surface area contributed by atoms with Gasteiger partial charge in [0.15, 0.2) is 0 Å². The Bertz CT molecular complexity index is 946. The highest BCUT2D eigenvalue weighted by Gasteiger charge is 2.38. The number of amides is 3. The number of carbonyl (C=O) groups is 3. The van der Waals surface area contributed by atoms with Crippen molar-refractivity contribution in [3.8, 4) is 11.5 Å². The fourth-order valence-corrected chi connectivity index (χ4v) is 3.42. The van der Waals surface area contributed by atoms with E-state index >= 15 is 0 Å². The van der Waals surface area contributed by atoms with Gasteiger partial charge in [0, 0.05) is 43.5 Å². The minimum atomic E-state index is -0.570. The van der Waals surface area contributed by atoms with E-state index in [9.17, 15) is 14.4 Å². The van der Waals surface area contributed by atoms with Crippen molar-refractivity contribution in [3.05, 3.63) is 48.5 Å². The zero-order chi connectivity index (χ0) is 21.7. The van der Waals surface area contributed by atoms with Crippen LogP contribution in [0.5, 0.6) is 11.5 Å². The van der Waals surface area contributed by atoms with Crippen LogP contribution in [0.3, 0.4) is 0 Å². The first-order chi connectivity index (χ1) is 14.5. The molecule has 0 bridgehead atoms. The van der Waals surface area contributed by atoms with E-state index in [2.05, 4.69) is 5.32 Å². The number of hydrogen-bond donors (Lipinski definition) is 1. The fraction of sp³-hybridized carbons (Fsp3) is 0.318. The van der Waals surface area contributed by atoms with Crippen LogP contribution in [0.4, 0.5) is 11.4 Å². The average molecular weight is 411 g/mol. The lowest BCUT2D eigenvalue weighted by atomic mass is 10.1. The number of hydrogen-bond acceptors (Lipinski definition) is 5. The van der Waals surface area contributed by atoms with E-state index in [1.165, 1.54) is 19.1 Å². The number of nitrogens with one attached hydrogen (secondary N) is 1. The molecule has 8 nitrogen and oxygen atoms in total. The Balaban J connectivity index is 1.85. The molecule has 30 heavy (non-hydrogen) atoms. The molecule has 1 aliphatic rings. The van der Waals surface area contributed by atoms with Crippen molar-refractivity contribution in [2.24, 2.45) is 5.92 Å². The van der Waals surface area contributed by atoms with E-state index in [0.29, 0.717) is 22.9 Å². The van der Waals surface area contributed by atoms with Crippen LogP contribution < -0.4 is 24.6 Å². The van der Waals surface area contributed by atoms with Gasteiger partial charge in [-0.25, -0.2) is 0 Å². The van der Waals surface area contributed by atoms with Gasteiger partial charge in [-0.2, -0.15) is 0 Å². The molecule has 3 amide bonds. The maximum absolute atomic E-state index is 13.3. The molecule has 158 valence electrons. The predicted octanol–water partition coefficient (Wildman–Crippen LogP) is 1.84. The van der Waals surface area contributed by atoms with Gasteiger partial charge in [-0.05, 0) is 24.3 Å². The topological polar surface area (TPSA) is 88.2 Å². The molecule has 1 saturated heterocycles. The molecule has 1 fully saturated rings. The second-order valence-corrected chi connectivity index (χ2v) is 6.91. The van der Waals surface area contributed by atoms with Crippen LogP contribution in [-0.2, 0) is 14.4 Å². The molecule has 2 aromatic carbocycles. The highest BCUT2D eigenvalue weighted by molar-refractivity contribution is 6.06. The van der Waals surface area contributed by atoms with Crippen molar-refractivity contribution in [1.29, 1.82) is 0 Å². The van der Waals surface area contributed by atoms with Crippen molar-refractivity contribution in [1.82, 2.24) is 5.32 Å². The monoisotopic (exact) mass is 411 g/mol. The normalized spacial score (nSPS) is 15.6. The SMILES string of the molecule is CNC(=O)CN(C(=O)[C@@H]1CC(=O)N(c2cccc(OC)c2)C1)c1cccc(OC)c1. The van der Waals surface area contributed by atoms with Gasteiger partial charge in [0.1, 0.15) is 18.0 Å². The first kappa shape index (κ1) is 21.2. The molecule has 8 heteroatoms. The van der Waals surface area contributed by atoms with Gasteiger partial charge in [-0.3, -0.25) is 14.4 Å². The third-order valence-electron chi connectivity index (χ3n) is 5.05. The smallest absolute Gasteiger partial charge is 0.239 e. The molecular formula is C22H25N3O5. The van der Waals surface area contributed by atoms with Gasteiger partial charge in [-0.1, -0.05) is 12.1 Å². The summed E-state index contributed by atoms with van der Waals surface area (Å²) in [6.07, 6.45) is 0.0737. The molecule has 1 heterocycles. The predicted molar refractivity (Wildman–Crippen MR) is 113 cm³/mol. The average Bonchev–Trinajstić information content (AvgIpc) is 3.18. The second kappa shape index (κ2) is 9.30. The largest absolute Gasteiger partial charge is 0.497 e. The van der Waals surface area contributed by atoms with Crippen molar-refractivity contribution in [2.45, 2.75) is 6.42 Å². The van der Waals surface area contributed by atoms with Crippen molar-refractivity contribution >= 4 is 29.1 Å². The maximum atomic E-state index is 13.3. The van der Waals surface area contributed by atoms with E-state index < -0.39 is 5.92 Å². The van der Waals surface area contributed by atoms with Gasteiger partial charge >= 0.3 is 0 Å². The van der Waals surface area contributed by atoms with Crippen LogP contribution in [0.2, 0.25) is 0 Å². The molecule has 0 aliphatic carbocycles. The Morgan fingerprint density at radius 3 is 2.43 bits per heavy atom. The van der Waals surface area contributed by atoms with Crippen LogP contribution in [0.15, 0.2) is 48.5 Å². The summed E-state index contributed by atoms with van der Waals surface area (Å²) in [6, 6.07) is 14.1. The number of anilines is 2. The molecule has 3 rings (SSSR count). The van der Waals surface area contributed by atoms with Crippen molar-refractivity contribution in [3.63, 3.8) is 0 Å². The highest BCUT2D eigenvalue weighted by Crippen LogP contribution is 2.30. The van der Waals surface area contributed by atoms with Gasteiger partial charge in [0.05, 0.1) is 20.1 Å². The van der Waals surface area contributed by atoms with E-state index in [1.807, 2.05) is 0 Å². The number of methoxy groups -OCH3 is 2. The first-order valence-electron chi connectivity index (χ1n) is 9.57. The van der Waals surface area contributed by atoms with Crippen LogP contribution in [0.1, 0.15) is 6.42 Å². The number of benzene rings is 2. The molecule has 1 aliphatic heterocycles. The van der Waals surface area contributed by atoms with Crippen LogP contribution in [0, 0.1) is 5.92 Å². The number of rotatable bonds is 7. The summed E-state index contributed by atoms with van der Waals surface area (Å²) in [7, 11) is 4.61. The summed E-state index contributed by atoms with van der Waals surface area (Å²) < 4.78 is 10.5. The quantitative estimate of drug-likeness (QED) is 0.751. The molecule has 2 aromatic rings. The standard InChI is InChI=1S/C22H25N3O5/c1-23-20(26)14-25(17-7-5-9-19(12-17)30-3)22(28)15-10-21(27)24(13-15)16-6-4-8-18(11-16)29-2/h4-9,11-12,15H,10,13-14H2,1-3H3,(H,23,26)/t15-/m1/s1. The van der Waals surface area contributed by atoms with Gasteiger partial charge < -0.3 is 24.6 Å². The third-order valence-corrected chi connectivity index (χ3v) is 5.05. The lowest BCUT2D eigenvalue weighted by Gasteiger charge is -2.25. The molecule has 0 aromatic heterocycles. The number of likely N-dealkylation sites (N-methyl/N-ethyl adjacent to an activating group) is 1. The Morgan fingerprint density at radius 1 is 1.10 bits per heavy atom.